The minimum atomic E-state index is -0.211. The van der Waals surface area contributed by atoms with Gasteiger partial charge in [0.15, 0.2) is 0 Å². The van der Waals surface area contributed by atoms with Crippen molar-refractivity contribution in [2.75, 3.05) is 5.32 Å². The molecule has 0 unspecified atom stereocenters. The van der Waals surface area contributed by atoms with E-state index < -0.39 is 0 Å². The third-order valence-electron chi connectivity index (χ3n) is 2.03. The fourth-order valence-electron chi connectivity index (χ4n) is 1.23. The molecule has 1 heterocycles. The molecule has 0 radical (unpaired) electrons. The summed E-state index contributed by atoms with van der Waals surface area (Å²) in [5.74, 6) is -0.144. The van der Waals surface area contributed by atoms with Crippen LogP contribution in [0.2, 0.25) is 5.02 Å². The standard InChI is InChI=1S/C11H7ClINO2S/c12-8-4-7(15)1-2-9(8)14-11(16)6-3-10(13)17-5-6/h1-5,15H,(H,14,16). The number of phenols is 1. The van der Waals surface area contributed by atoms with Gasteiger partial charge in [-0.05, 0) is 40.8 Å². The van der Waals surface area contributed by atoms with Crippen LogP contribution >= 0.6 is 45.5 Å². The summed E-state index contributed by atoms with van der Waals surface area (Å²) in [7, 11) is 0. The topological polar surface area (TPSA) is 49.3 Å². The molecule has 0 aliphatic carbocycles. The Morgan fingerprint density at radius 1 is 1.41 bits per heavy atom. The van der Waals surface area contributed by atoms with Crippen molar-refractivity contribution in [1.82, 2.24) is 0 Å². The summed E-state index contributed by atoms with van der Waals surface area (Å²) in [6.07, 6.45) is 0. The number of anilines is 1. The number of rotatable bonds is 2. The number of hydrogen-bond donors (Lipinski definition) is 2. The van der Waals surface area contributed by atoms with Crippen LogP contribution in [0, 0.1) is 2.88 Å². The first-order chi connectivity index (χ1) is 8.06. The van der Waals surface area contributed by atoms with E-state index in [2.05, 4.69) is 27.9 Å². The Morgan fingerprint density at radius 3 is 2.76 bits per heavy atom. The molecular weight excluding hydrogens is 373 g/mol. The van der Waals surface area contributed by atoms with Crippen LogP contribution in [0.25, 0.3) is 0 Å². The first kappa shape index (κ1) is 12.7. The molecule has 2 N–H and O–H groups in total. The van der Waals surface area contributed by atoms with E-state index in [1.54, 1.807) is 17.5 Å². The summed E-state index contributed by atoms with van der Waals surface area (Å²) in [5.41, 5.74) is 1.08. The molecule has 88 valence electrons. The van der Waals surface area contributed by atoms with Gasteiger partial charge in [-0.3, -0.25) is 4.79 Å². The molecule has 17 heavy (non-hydrogen) atoms. The van der Waals surface area contributed by atoms with Crippen LogP contribution in [-0.4, -0.2) is 11.0 Å². The van der Waals surface area contributed by atoms with Crippen molar-refractivity contribution in [3.8, 4) is 5.75 Å². The van der Waals surface area contributed by atoms with Gasteiger partial charge in [0, 0.05) is 11.4 Å². The Morgan fingerprint density at radius 2 is 2.18 bits per heavy atom. The van der Waals surface area contributed by atoms with Gasteiger partial charge in [0.25, 0.3) is 5.91 Å². The predicted molar refractivity (Wildman–Crippen MR) is 78.1 cm³/mol. The number of phenolic OH excluding ortho intramolecular Hbond substituents is 1. The van der Waals surface area contributed by atoms with Crippen molar-refractivity contribution in [3.05, 3.63) is 43.1 Å². The Balaban J connectivity index is 2.18. The van der Waals surface area contributed by atoms with E-state index in [1.165, 1.54) is 23.5 Å². The molecule has 2 aromatic rings. The molecule has 3 nitrogen and oxygen atoms in total. The average Bonchev–Trinajstić information content (AvgIpc) is 2.69. The molecule has 1 aromatic carbocycles. The first-order valence-electron chi connectivity index (χ1n) is 4.60. The highest BCUT2D eigenvalue weighted by Crippen LogP contribution is 2.27. The number of hydrogen-bond acceptors (Lipinski definition) is 3. The van der Waals surface area contributed by atoms with Gasteiger partial charge < -0.3 is 10.4 Å². The highest BCUT2D eigenvalue weighted by molar-refractivity contribution is 14.1. The second-order valence-corrected chi connectivity index (χ2v) is 6.47. The van der Waals surface area contributed by atoms with Gasteiger partial charge in [-0.2, -0.15) is 0 Å². The number of thiophene rings is 1. The molecule has 1 amide bonds. The van der Waals surface area contributed by atoms with E-state index in [-0.39, 0.29) is 11.7 Å². The van der Waals surface area contributed by atoms with Gasteiger partial charge >= 0.3 is 0 Å². The quantitative estimate of drug-likeness (QED) is 0.613. The Kier molecular flexibility index (Phi) is 3.90. The van der Waals surface area contributed by atoms with Crippen molar-refractivity contribution in [3.63, 3.8) is 0 Å². The molecule has 0 saturated heterocycles. The van der Waals surface area contributed by atoms with E-state index in [0.29, 0.717) is 16.3 Å². The van der Waals surface area contributed by atoms with Crippen LogP contribution in [0.4, 0.5) is 5.69 Å². The van der Waals surface area contributed by atoms with Crippen LogP contribution < -0.4 is 5.32 Å². The number of aromatic hydroxyl groups is 1. The lowest BCUT2D eigenvalue weighted by atomic mass is 10.2. The molecule has 0 saturated carbocycles. The Bertz CT molecular complexity index is 570. The van der Waals surface area contributed by atoms with E-state index in [4.69, 9.17) is 11.6 Å². The minimum Gasteiger partial charge on any atom is -0.508 e. The zero-order valence-electron chi connectivity index (χ0n) is 8.41. The van der Waals surface area contributed by atoms with Crippen LogP contribution in [0.5, 0.6) is 5.75 Å². The fourth-order valence-corrected chi connectivity index (χ4v) is 2.78. The summed E-state index contributed by atoms with van der Waals surface area (Å²) >= 11 is 9.55. The Hall–Kier alpha value is -0.790. The van der Waals surface area contributed by atoms with Gasteiger partial charge in [0.05, 0.1) is 19.2 Å². The maximum absolute atomic E-state index is 11.8. The van der Waals surface area contributed by atoms with Gasteiger partial charge in [0.1, 0.15) is 5.75 Å². The molecule has 6 heteroatoms. The number of nitrogens with one attached hydrogen (secondary N) is 1. The molecule has 0 atom stereocenters. The summed E-state index contributed by atoms with van der Waals surface area (Å²) < 4.78 is 1.05. The van der Waals surface area contributed by atoms with E-state index in [9.17, 15) is 9.90 Å². The zero-order valence-corrected chi connectivity index (χ0v) is 12.1. The van der Waals surface area contributed by atoms with Gasteiger partial charge in [-0.15, -0.1) is 11.3 Å². The predicted octanol–water partition coefficient (Wildman–Crippen LogP) is 3.96. The second-order valence-electron chi connectivity index (χ2n) is 3.26. The van der Waals surface area contributed by atoms with Crippen molar-refractivity contribution in [2.45, 2.75) is 0 Å². The van der Waals surface area contributed by atoms with Crippen molar-refractivity contribution >= 4 is 57.1 Å². The van der Waals surface area contributed by atoms with Gasteiger partial charge in [-0.25, -0.2) is 0 Å². The number of benzene rings is 1. The zero-order chi connectivity index (χ0) is 12.4. The normalized spacial score (nSPS) is 10.2. The number of amides is 1. The Labute approximate surface area is 121 Å². The smallest absolute Gasteiger partial charge is 0.256 e. The van der Waals surface area contributed by atoms with Crippen molar-refractivity contribution in [2.24, 2.45) is 0 Å². The SMILES string of the molecule is O=C(Nc1ccc(O)cc1Cl)c1csc(I)c1. The maximum Gasteiger partial charge on any atom is 0.256 e. The largest absolute Gasteiger partial charge is 0.508 e. The highest BCUT2D eigenvalue weighted by atomic mass is 127. The molecule has 0 spiro atoms. The number of carbonyl (C=O) groups is 1. The van der Waals surface area contributed by atoms with E-state index in [1.807, 2.05) is 0 Å². The molecule has 0 aliphatic heterocycles. The van der Waals surface area contributed by atoms with E-state index in [0.717, 1.165) is 2.88 Å². The maximum atomic E-state index is 11.8. The number of halogens is 2. The summed E-state index contributed by atoms with van der Waals surface area (Å²) in [4.78, 5) is 11.8. The molecule has 0 aliphatic rings. The van der Waals surface area contributed by atoms with Gasteiger partial charge in [-0.1, -0.05) is 11.6 Å². The van der Waals surface area contributed by atoms with Crippen LogP contribution in [-0.2, 0) is 0 Å². The van der Waals surface area contributed by atoms with Crippen molar-refractivity contribution < 1.29 is 9.90 Å². The highest BCUT2D eigenvalue weighted by Gasteiger charge is 2.10. The van der Waals surface area contributed by atoms with Crippen LogP contribution in [0.15, 0.2) is 29.6 Å². The van der Waals surface area contributed by atoms with Crippen LogP contribution in [0.3, 0.4) is 0 Å². The summed E-state index contributed by atoms with van der Waals surface area (Å²) in [6.45, 7) is 0. The molecule has 0 bridgehead atoms. The molecular formula is C11H7ClINO2S. The molecule has 2 rings (SSSR count). The summed E-state index contributed by atoms with van der Waals surface area (Å²) in [5, 5.41) is 14.0. The second kappa shape index (κ2) is 5.24. The summed E-state index contributed by atoms with van der Waals surface area (Å²) in [6, 6.07) is 6.22. The van der Waals surface area contributed by atoms with Gasteiger partial charge in [0.2, 0.25) is 0 Å². The molecule has 1 aromatic heterocycles. The fraction of sp³-hybridized carbons (Fsp3) is 0. The lowest BCUT2D eigenvalue weighted by Gasteiger charge is -2.06. The average molecular weight is 380 g/mol. The lowest BCUT2D eigenvalue weighted by molar-refractivity contribution is 0.102. The number of carbonyl (C=O) groups excluding carboxylic acids is 1. The minimum absolute atomic E-state index is 0.0677. The third kappa shape index (κ3) is 3.11. The molecule has 0 fully saturated rings. The van der Waals surface area contributed by atoms with Crippen molar-refractivity contribution in [1.29, 1.82) is 0 Å². The lowest BCUT2D eigenvalue weighted by Crippen LogP contribution is -2.11. The first-order valence-corrected chi connectivity index (χ1v) is 6.94. The van der Waals surface area contributed by atoms with Crippen LogP contribution in [0.1, 0.15) is 10.4 Å². The third-order valence-corrected chi connectivity index (χ3v) is 4.13. The van der Waals surface area contributed by atoms with E-state index >= 15 is 0 Å². The monoisotopic (exact) mass is 379 g/mol.